The van der Waals surface area contributed by atoms with E-state index in [9.17, 15) is 4.79 Å². The molecule has 0 aliphatic carbocycles. The first-order valence-corrected chi connectivity index (χ1v) is 6.08. The maximum atomic E-state index is 11.0. The third-order valence-corrected chi connectivity index (χ3v) is 2.28. The van der Waals surface area contributed by atoms with Gasteiger partial charge in [-0.05, 0) is 25.8 Å². The maximum Gasteiger partial charge on any atom is 0.331 e. The Kier molecular flexibility index (Phi) is 9.50. The van der Waals surface area contributed by atoms with Crippen LogP contribution in [0.3, 0.4) is 0 Å². The molecule has 0 saturated carbocycles. The number of ether oxygens (including phenoxy) is 1. The summed E-state index contributed by atoms with van der Waals surface area (Å²) in [5, 5.41) is 0. The van der Waals surface area contributed by atoms with Crippen LogP contribution < -0.4 is 0 Å². The van der Waals surface area contributed by atoms with Crippen LogP contribution in [-0.4, -0.2) is 12.6 Å². The lowest BCUT2D eigenvalue weighted by Crippen LogP contribution is -1.98. The lowest BCUT2D eigenvalue weighted by Gasteiger charge is -2.04. The van der Waals surface area contributed by atoms with Crippen molar-refractivity contribution in [1.82, 2.24) is 0 Å². The van der Waals surface area contributed by atoms with Gasteiger partial charge in [0.05, 0.1) is 6.61 Å². The van der Waals surface area contributed by atoms with Crippen LogP contribution in [0.25, 0.3) is 0 Å². The Morgan fingerprint density at radius 3 is 2.69 bits per heavy atom. The molecule has 0 amide bonds. The van der Waals surface area contributed by atoms with Crippen LogP contribution in [-0.2, 0) is 9.53 Å². The van der Waals surface area contributed by atoms with Crippen LogP contribution in [0.4, 0.5) is 0 Å². The van der Waals surface area contributed by atoms with E-state index in [1.54, 1.807) is 13.0 Å². The number of carbonyl (C=O) groups is 1. The highest BCUT2D eigenvalue weighted by molar-refractivity contribution is 5.82. The zero-order chi connectivity index (χ0) is 12.2. The molecule has 90 valence electrons. The van der Waals surface area contributed by atoms with Crippen LogP contribution in [0.5, 0.6) is 0 Å². The second kappa shape index (κ2) is 10.3. The van der Waals surface area contributed by atoms with Gasteiger partial charge in [0.2, 0.25) is 0 Å². The molecule has 0 rings (SSSR count). The number of unbranched alkanes of at least 4 members (excludes halogenated alkanes) is 1. The normalized spacial score (nSPS) is 11.9. The van der Waals surface area contributed by atoms with Gasteiger partial charge in [-0.25, -0.2) is 4.79 Å². The molecule has 16 heavy (non-hydrogen) atoms. The van der Waals surface area contributed by atoms with Crippen LogP contribution in [0.15, 0.2) is 12.2 Å². The van der Waals surface area contributed by atoms with Crippen molar-refractivity contribution in [3.8, 4) is 11.8 Å². The molecule has 0 aromatic heterocycles. The molecule has 0 aromatic carbocycles. The summed E-state index contributed by atoms with van der Waals surface area (Å²) in [6, 6.07) is 0. The Labute approximate surface area is 99.1 Å². The van der Waals surface area contributed by atoms with E-state index in [0.29, 0.717) is 12.5 Å². The SMILES string of the molecule is CCCCC(C#C/C=C/C(=O)OCC)CC. The predicted octanol–water partition coefficient (Wildman–Crippen LogP) is 3.33. The molecule has 2 heteroatoms. The summed E-state index contributed by atoms with van der Waals surface area (Å²) in [6.45, 7) is 6.52. The Hall–Kier alpha value is -1.23. The molecule has 0 fully saturated rings. The highest BCUT2D eigenvalue weighted by atomic mass is 16.5. The fraction of sp³-hybridized carbons (Fsp3) is 0.643. The van der Waals surface area contributed by atoms with E-state index in [1.165, 1.54) is 18.9 Å². The lowest BCUT2D eigenvalue weighted by atomic mass is 10.0. The van der Waals surface area contributed by atoms with Crippen molar-refractivity contribution in [1.29, 1.82) is 0 Å². The predicted molar refractivity (Wildman–Crippen MR) is 66.9 cm³/mol. The van der Waals surface area contributed by atoms with Gasteiger partial charge in [0.25, 0.3) is 0 Å². The Bertz CT molecular complexity index is 268. The van der Waals surface area contributed by atoms with E-state index in [1.807, 2.05) is 0 Å². The van der Waals surface area contributed by atoms with Crippen molar-refractivity contribution >= 4 is 5.97 Å². The van der Waals surface area contributed by atoms with Gasteiger partial charge in [-0.3, -0.25) is 0 Å². The fourth-order valence-corrected chi connectivity index (χ4v) is 1.29. The minimum absolute atomic E-state index is 0.321. The van der Waals surface area contributed by atoms with E-state index in [0.717, 1.165) is 12.8 Å². The summed E-state index contributed by atoms with van der Waals surface area (Å²) < 4.78 is 4.75. The molecule has 1 atom stereocenters. The molecular weight excluding hydrogens is 200 g/mol. The number of rotatable bonds is 6. The average molecular weight is 222 g/mol. The van der Waals surface area contributed by atoms with Crippen LogP contribution in [0.1, 0.15) is 46.5 Å². The molecule has 1 unspecified atom stereocenters. The van der Waals surface area contributed by atoms with Gasteiger partial charge in [0, 0.05) is 12.0 Å². The van der Waals surface area contributed by atoms with Crippen LogP contribution in [0.2, 0.25) is 0 Å². The van der Waals surface area contributed by atoms with Crippen molar-refractivity contribution in [3.05, 3.63) is 12.2 Å². The van der Waals surface area contributed by atoms with Crippen molar-refractivity contribution < 1.29 is 9.53 Å². The van der Waals surface area contributed by atoms with Crippen molar-refractivity contribution in [2.45, 2.75) is 46.5 Å². The minimum Gasteiger partial charge on any atom is -0.463 e. The molecule has 0 saturated heterocycles. The van der Waals surface area contributed by atoms with E-state index in [2.05, 4.69) is 25.7 Å². The zero-order valence-corrected chi connectivity index (χ0v) is 10.6. The summed E-state index contributed by atoms with van der Waals surface area (Å²) in [5.41, 5.74) is 0. The van der Waals surface area contributed by atoms with Gasteiger partial charge >= 0.3 is 5.97 Å². The van der Waals surface area contributed by atoms with E-state index >= 15 is 0 Å². The van der Waals surface area contributed by atoms with E-state index in [-0.39, 0.29) is 5.97 Å². The van der Waals surface area contributed by atoms with E-state index < -0.39 is 0 Å². The summed E-state index contributed by atoms with van der Waals surface area (Å²) in [6.07, 6.45) is 7.59. The van der Waals surface area contributed by atoms with Gasteiger partial charge in [-0.2, -0.15) is 0 Å². The fourth-order valence-electron chi connectivity index (χ4n) is 1.29. The largest absolute Gasteiger partial charge is 0.463 e. The monoisotopic (exact) mass is 222 g/mol. The van der Waals surface area contributed by atoms with Crippen LogP contribution >= 0.6 is 0 Å². The summed E-state index contributed by atoms with van der Waals surface area (Å²) >= 11 is 0. The third kappa shape index (κ3) is 8.11. The molecule has 0 radical (unpaired) electrons. The highest BCUT2D eigenvalue weighted by Gasteiger charge is 1.99. The molecule has 2 nitrogen and oxygen atoms in total. The molecule has 0 aromatic rings. The van der Waals surface area contributed by atoms with Gasteiger partial charge < -0.3 is 4.74 Å². The van der Waals surface area contributed by atoms with Gasteiger partial charge in [0.15, 0.2) is 0 Å². The molecule has 0 aliphatic heterocycles. The maximum absolute atomic E-state index is 11.0. The van der Waals surface area contributed by atoms with Gasteiger partial charge in [0.1, 0.15) is 0 Å². The Morgan fingerprint density at radius 1 is 1.38 bits per heavy atom. The molecular formula is C14H22O2. The number of allylic oxidation sites excluding steroid dienone is 1. The van der Waals surface area contributed by atoms with E-state index in [4.69, 9.17) is 4.74 Å². The highest BCUT2D eigenvalue weighted by Crippen LogP contribution is 2.10. The van der Waals surface area contributed by atoms with Gasteiger partial charge in [-0.1, -0.05) is 38.5 Å². The van der Waals surface area contributed by atoms with Crippen molar-refractivity contribution in [3.63, 3.8) is 0 Å². The van der Waals surface area contributed by atoms with Crippen molar-refractivity contribution in [2.24, 2.45) is 5.92 Å². The molecule has 0 bridgehead atoms. The first-order valence-electron chi connectivity index (χ1n) is 6.08. The first-order chi connectivity index (χ1) is 7.74. The lowest BCUT2D eigenvalue weighted by molar-refractivity contribution is -0.137. The quantitative estimate of drug-likeness (QED) is 0.391. The summed E-state index contributed by atoms with van der Waals surface area (Å²) in [4.78, 5) is 11.0. The topological polar surface area (TPSA) is 26.3 Å². The minimum atomic E-state index is -0.321. The molecule has 0 aliphatic rings. The average Bonchev–Trinajstić information content (AvgIpc) is 2.28. The zero-order valence-electron chi connectivity index (χ0n) is 10.6. The molecule has 0 spiro atoms. The number of hydrogen-bond donors (Lipinski definition) is 0. The van der Waals surface area contributed by atoms with Crippen LogP contribution in [0, 0.1) is 17.8 Å². The third-order valence-electron chi connectivity index (χ3n) is 2.28. The number of carbonyl (C=O) groups excluding carboxylic acids is 1. The molecule has 0 N–H and O–H groups in total. The van der Waals surface area contributed by atoms with Crippen molar-refractivity contribution in [2.75, 3.05) is 6.61 Å². The first kappa shape index (κ1) is 14.8. The number of hydrogen-bond acceptors (Lipinski definition) is 2. The Balaban J connectivity index is 4.00. The van der Waals surface area contributed by atoms with Gasteiger partial charge in [-0.15, -0.1) is 0 Å². The second-order valence-electron chi connectivity index (χ2n) is 3.62. The Morgan fingerprint density at radius 2 is 2.12 bits per heavy atom. The summed E-state index contributed by atoms with van der Waals surface area (Å²) in [5.74, 6) is 6.19. The standard InChI is InChI=1S/C14H22O2/c1-4-7-10-13(5-2)11-8-9-12-14(15)16-6-3/h9,12-13H,4-7,10H2,1-3H3/b12-9+. The summed E-state index contributed by atoms with van der Waals surface area (Å²) in [7, 11) is 0. The smallest absolute Gasteiger partial charge is 0.331 e. The molecule has 0 heterocycles. The number of esters is 1. The second-order valence-corrected chi connectivity index (χ2v) is 3.62.